The fraction of sp³-hybridized carbons (Fsp3) is 0.364. The summed E-state index contributed by atoms with van der Waals surface area (Å²) in [7, 11) is 2.21. The first kappa shape index (κ1) is 16.3. The number of halogens is 1. The molecule has 0 unspecified atom stereocenters. The van der Waals surface area contributed by atoms with E-state index in [1.165, 1.54) is 33.3 Å². The summed E-state index contributed by atoms with van der Waals surface area (Å²) in [5.74, 6) is -0.167. The van der Waals surface area contributed by atoms with Crippen molar-refractivity contribution in [2.45, 2.75) is 39.3 Å². The van der Waals surface area contributed by atoms with Crippen molar-refractivity contribution in [1.82, 2.24) is 9.47 Å². The van der Waals surface area contributed by atoms with E-state index in [1.807, 2.05) is 12.1 Å². The lowest BCUT2D eigenvalue weighted by Gasteiger charge is -2.31. The molecule has 0 saturated heterocycles. The maximum absolute atomic E-state index is 13.1. The zero-order valence-corrected chi connectivity index (χ0v) is 15.2. The van der Waals surface area contributed by atoms with Crippen LogP contribution in [0.15, 0.2) is 42.5 Å². The normalized spacial score (nSPS) is 17.8. The van der Waals surface area contributed by atoms with E-state index >= 15 is 0 Å². The molecule has 2 heterocycles. The molecular weight excluding hydrogens is 311 g/mol. The predicted molar refractivity (Wildman–Crippen MR) is 102 cm³/mol. The number of hydrogen-bond acceptors (Lipinski definition) is 1. The number of aromatic nitrogens is 1. The molecule has 1 aromatic heterocycles. The van der Waals surface area contributed by atoms with Gasteiger partial charge in [0, 0.05) is 42.1 Å². The summed E-state index contributed by atoms with van der Waals surface area (Å²) in [5, 5.41) is 1.40. The molecule has 25 heavy (non-hydrogen) atoms. The third-order valence-electron chi connectivity index (χ3n) is 5.69. The Bertz CT molecular complexity index is 908. The Balaban J connectivity index is 1.76. The third-order valence-corrected chi connectivity index (χ3v) is 5.69. The number of benzene rings is 2. The van der Waals surface area contributed by atoms with Crippen molar-refractivity contribution < 1.29 is 4.39 Å². The standard InChI is InChI=1S/C22H25FN2/c1-15-4-9-20-19(14-15)22-16(2)24(3)12-11-21(22)25(20)13-10-17-5-7-18(23)8-6-17/h4-9,14,16H,10-13H2,1-3H3/t16-/m0/s1. The van der Waals surface area contributed by atoms with Crippen LogP contribution in [0.25, 0.3) is 10.9 Å². The summed E-state index contributed by atoms with van der Waals surface area (Å²) in [6.07, 6.45) is 2.02. The molecule has 1 aliphatic rings. The van der Waals surface area contributed by atoms with Gasteiger partial charge in [0.2, 0.25) is 0 Å². The van der Waals surface area contributed by atoms with Gasteiger partial charge in [-0.1, -0.05) is 23.8 Å². The largest absolute Gasteiger partial charge is 0.344 e. The average Bonchev–Trinajstić information content (AvgIpc) is 2.91. The molecule has 4 rings (SSSR count). The zero-order chi connectivity index (χ0) is 17.6. The SMILES string of the molecule is Cc1ccc2c(c1)c1c(n2CCc2ccc(F)cc2)CCN(C)[C@H]1C. The van der Waals surface area contributed by atoms with Crippen LogP contribution in [0.1, 0.15) is 35.3 Å². The summed E-state index contributed by atoms with van der Waals surface area (Å²) in [6.45, 7) is 6.51. The lowest BCUT2D eigenvalue weighted by atomic mass is 9.97. The Hall–Kier alpha value is -2.13. The van der Waals surface area contributed by atoms with Crippen molar-refractivity contribution in [1.29, 1.82) is 0 Å². The summed E-state index contributed by atoms with van der Waals surface area (Å²) >= 11 is 0. The molecule has 1 aliphatic heterocycles. The van der Waals surface area contributed by atoms with Crippen molar-refractivity contribution in [3.8, 4) is 0 Å². The fourth-order valence-corrected chi connectivity index (χ4v) is 4.13. The minimum Gasteiger partial charge on any atom is -0.344 e. The van der Waals surface area contributed by atoms with Crippen LogP contribution < -0.4 is 0 Å². The predicted octanol–water partition coefficient (Wildman–Crippen LogP) is 4.88. The molecule has 0 fully saturated rings. The van der Waals surface area contributed by atoms with Gasteiger partial charge in [0.25, 0.3) is 0 Å². The molecule has 0 amide bonds. The Morgan fingerprint density at radius 2 is 1.88 bits per heavy atom. The number of hydrogen-bond donors (Lipinski definition) is 0. The second-order valence-corrected chi connectivity index (χ2v) is 7.32. The maximum atomic E-state index is 13.1. The number of fused-ring (bicyclic) bond motifs is 3. The first-order valence-electron chi connectivity index (χ1n) is 9.11. The molecule has 0 bridgehead atoms. The summed E-state index contributed by atoms with van der Waals surface area (Å²) in [4.78, 5) is 2.44. The van der Waals surface area contributed by atoms with Gasteiger partial charge in [-0.3, -0.25) is 4.90 Å². The molecule has 3 heteroatoms. The molecule has 130 valence electrons. The van der Waals surface area contributed by atoms with Crippen molar-refractivity contribution in [2.24, 2.45) is 0 Å². The number of aryl methyl sites for hydroxylation is 3. The van der Waals surface area contributed by atoms with E-state index in [-0.39, 0.29) is 5.82 Å². The van der Waals surface area contributed by atoms with Crippen LogP contribution in [0, 0.1) is 12.7 Å². The van der Waals surface area contributed by atoms with E-state index in [2.05, 4.69) is 48.6 Å². The number of rotatable bonds is 3. The smallest absolute Gasteiger partial charge is 0.123 e. The van der Waals surface area contributed by atoms with Crippen LogP contribution in [0.3, 0.4) is 0 Å². The van der Waals surface area contributed by atoms with Crippen LogP contribution in [-0.4, -0.2) is 23.1 Å². The van der Waals surface area contributed by atoms with Gasteiger partial charge in [-0.15, -0.1) is 0 Å². The third kappa shape index (κ3) is 2.87. The maximum Gasteiger partial charge on any atom is 0.123 e. The highest BCUT2D eigenvalue weighted by molar-refractivity contribution is 5.87. The lowest BCUT2D eigenvalue weighted by Crippen LogP contribution is -2.31. The molecule has 2 aromatic carbocycles. The van der Waals surface area contributed by atoms with Gasteiger partial charge in [-0.25, -0.2) is 4.39 Å². The quantitative estimate of drug-likeness (QED) is 0.662. The van der Waals surface area contributed by atoms with Gasteiger partial charge in [0.05, 0.1) is 0 Å². The minimum absolute atomic E-state index is 0.167. The van der Waals surface area contributed by atoms with Crippen LogP contribution in [-0.2, 0) is 19.4 Å². The molecule has 3 aromatic rings. The molecular formula is C22H25FN2. The second kappa shape index (κ2) is 6.30. The average molecular weight is 336 g/mol. The molecule has 0 aliphatic carbocycles. The number of nitrogens with zero attached hydrogens (tertiary/aromatic N) is 2. The van der Waals surface area contributed by atoms with Crippen LogP contribution in [0.4, 0.5) is 4.39 Å². The highest BCUT2D eigenvalue weighted by Gasteiger charge is 2.27. The van der Waals surface area contributed by atoms with Gasteiger partial charge in [0.1, 0.15) is 5.82 Å². The van der Waals surface area contributed by atoms with E-state index in [0.29, 0.717) is 6.04 Å². The summed E-state index contributed by atoms with van der Waals surface area (Å²) in [6, 6.07) is 14.1. The first-order valence-corrected chi connectivity index (χ1v) is 9.11. The Labute approximate surface area is 148 Å². The highest BCUT2D eigenvalue weighted by Crippen LogP contribution is 2.37. The van der Waals surface area contributed by atoms with Gasteiger partial charge >= 0.3 is 0 Å². The lowest BCUT2D eigenvalue weighted by molar-refractivity contribution is 0.245. The summed E-state index contributed by atoms with van der Waals surface area (Å²) < 4.78 is 15.6. The van der Waals surface area contributed by atoms with E-state index in [1.54, 1.807) is 12.1 Å². The monoisotopic (exact) mass is 336 g/mol. The Kier molecular flexibility index (Phi) is 4.12. The topological polar surface area (TPSA) is 8.17 Å². The highest BCUT2D eigenvalue weighted by atomic mass is 19.1. The van der Waals surface area contributed by atoms with Crippen molar-refractivity contribution in [3.63, 3.8) is 0 Å². The fourth-order valence-electron chi connectivity index (χ4n) is 4.13. The molecule has 0 N–H and O–H groups in total. The van der Waals surface area contributed by atoms with Crippen LogP contribution in [0.5, 0.6) is 0 Å². The van der Waals surface area contributed by atoms with Crippen molar-refractivity contribution >= 4 is 10.9 Å². The van der Waals surface area contributed by atoms with Crippen LogP contribution in [0.2, 0.25) is 0 Å². The Morgan fingerprint density at radius 3 is 2.64 bits per heavy atom. The zero-order valence-electron chi connectivity index (χ0n) is 15.2. The van der Waals surface area contributed by atoms with E-state index < -0.39 is 0 Å². The summed E-state index contributed by atoms with van der Waals surface area (Å²) in [5.41, 5.74) is 6.80. The van der Waals surface area contributed by atoms with Crippen molar-refractivity contribution in [3.05, 3.63) is 70.7 Å². The van der Waals surface area contributed by atoms with Gasteiger partial charge in [-0.05, 0) is 62.7 Å². The second-order valence-electron chi connectivity index (χ2n) is 7.32. The molecule has 1 atom stereocenters. The molecule has 0 spiro atoms. The first-order chi connectivity index (χ1) is 12.0. The van der Waals surface area contributed by atoms with Crippen molar-refractivity contribution in [2.75, 3.05) is 13.6 Å². The number of likely N-dealkylation sites (N-methyl/N-ethyl adjacent to an activating group) is 1. The molecule has 2 nitrogen and oxygen atoms in total. The van der Waals surface area contributed by atoms with E-state index in [9.17, 15) is 4.39 Å². The van der Waals surface area contributed by atoms with Crippen LogP contribution >= 0.6 is 0 Å². The Morgan fingerprint density at radius 1 is 1.12 bits per heavy atom. The molecule has 0 saturated carbocycles. The van der Waals surface area contributed by atoms with E-state index in [4.69, 9.17) is 0 Å². The van der Waals surface area contributed by atoms with Gasteiger partial charge in [-0.2, -0.15) is 0 Å². The van der Waals surface area contributed by atoms with Gasteiger partial charge < -0.3 is 4.57 Å². The van der Waals surface area contributed by atoms with E-state index in [0.717, 1.165) is 25.9 Å². The minimum atomic E-state index is -0.167. The molecule has 0 radical (unpaired) electrons. The van der Waals surface area contributed by atoms with Gasteiger partial charge in [0.15, 0.2) is 0 Å².